The maximum Gasteiger partial charge on any atom is 0.119 e. The Kier molecular flexibility index (Phi) is 4.73. The molecule has 0 saturated heterocycles. The predicted octanol–water partition coefficient (Wildman–Crippen LogP) is 2.42. The molecule has 0 aliphatic carbocycles. The molecule has 0 unspecified atom stereocenters. The first-order valence-electron chi connectivity index (χ1n) is 6.11. The molecule has 0 fully saturated rings. The van der Waals surface area contributed by atoms with Crippen LogP contribution in [0.1, 0.15) is 11.1 Å². The molecule has 2 aromatic rings. The van der Waals surface area contributed by atoms with Crippen LogP contribution in [0.5, 0.6) is 5.75 Å². The summed E-state index contributed by atoms with van der Waals surface area (Å²) in [6.45, 7) is 1.81. The number of benzene rings is 1. The van der Waals surface area contributed by atoms with Crippen LogP contribution >= 0.6 is 0 Å². The zero-order chi connectivity index (χ0) is 12.6. The van der Waals surface area contributed by atoms with E-state index in [4.69, 9.17) is 4.74 Å². The van der Waals surface area contributed by atoms with Gasteiger partial charge in [-0.05, 0) is 42.3 Å². The zero-order valence-corrected chi connectivity index (χ0v) is 10.6. The second kappa shape index (κ2) is 6.77. The molecule has 1 heterocycles. The van der Waals surface area contributed by atoms with Crippen molar-refractivity contribution in [2.45, 2.75) is 13.0 Å². The van der Waals surface area contributed by atoms with Crippen molar-refractivity contribution in [1.29, 1.82) is 0 Å². The van der Waals surface area contributed by atoms with Crippen LogP contribution in [0.4, 0.5) is 0 Å². The van der Waals surface area contributed by atoms with Crippen molar-refractivity contribution in [3.05, 3.63) is 59.9 Å². The van der Waals surface area contributed by atoms with Crippen molar-refractivity contribution in [1.82, 2.24) is 10.3 Å². The molecular formula is C15H18N2O. The smallest absolute Gasteiger partial charge is 0.119 e. The Bertz CT molecular complexity index is 471. The van der Waals surface area contributed by atoms with Gasteiger partial charge in [0, 0.05) is 18.9 Å². The second-order valence-electron chi connectivity index (χ2n) is 4.14. The van der Waals surface area contributed by atoms with E-state index in [-0.39, 0.29) is 0 Å². The molecule has 0 spiro atoms. The largest absolute Gasteiger partial charge is 0.497 e. The van der Waals surface area contributed by atoms with Crippen molar-refractivity contribution in [2.75, 3.05) is 13.7 Å². The van der Waals surface area contributed by atoms with E-state index in [9.17, 15) is 0 Å². The lowest BCUT2D eigenvalue weighted by molar-refractivity contribution is 0.414. The minimum atomic E-state index is 0.859. The summed E-state index contributed by atoms with van der Waals surface area (Å²) in [6, 6.07) is 12.2. The van der Waals surface area contributed by atoms with Gasteiger partial charge in [0.25, 0.3) is 0 Å². The van der Waals surface area contributed by atoms with Crippen LogP contribution in [0.15, 0.2) is 48.8 Å². The van der Waals surface area contributed by atoms with Gasteiger partial charge in [0.2, 0.25) is 0 Å². The molecule has 1 aromatic carbocycles. The van der Waals surface area contributed by atoms with Crippen molar-refractivity contribution in [2.24, 2.45) is 0 Å². The summed E-state index contributed by atoms with van der Waals surface area (Å²) < 4.78 is 5.20. The number of rotatable bonds is 6. The minimum Gasteiger partial charge on any atom is -0.497 e. The fourth-order valence-electron chi connectivity index (χ4n) is 1.80. The Hall–Kier alpha value is -1.87. The molecular weight excluding hydrogens is 224 g/mol. The van der Waals surface area contributed by atoms with Gasteiger partial charge < -0.3 is 10.1 Å². The maximum absolute atomic E-state index is 5.20. The Balaban J connectivity index is 1.75. The monoisotopic (exact) mass is 242 g/mol. The van der Waals surface area contributed by atoms with Crippen LogP contribution in [0, 0.1) is 0 Å². The highest BCUT2D eigenvalue weighted by Gasteiger charge is 1.96. The summed E-state index contributed by atoms with van der Waals surface area (Å²) in [6.07, 6.45) is 4.68. The molecule has 2 rings (SSSR count). The van der Waals surface area contributed by atoms with Gasteiger partial charge in [0.05, 0.1) is 7.11 Å². The third-order valence-electron chi connectivity index (χ3n) is 2.78. The average Bonchev–Trinajstić information content (AvgIpc) is 2.45. The third kappa shape index (κ3) is 3.86. The molecule has 1 N–H and O–H groups in total. The van der Waals surface area contributed by atoms with Gasteiger partial charge in [0.1, 0.15) is 5.75 Å². The van der Waals surface area contributed by atoms with Crippen LogP contribution in [0.2, 0.25) is 0 Å². The summed E-state index contributed by atoms with van der Waals surface area (Å²) >= 11 is 0. The highest BCUT2D eigenvalue weighted by atomic mass is 16.5. The summed E-state index contributed by atoms with van der Waals surface area (Å²) in [5, 5.41) is 3.41. The first kappa shape index (κ1) is 12.6. The summed E-state index contributed by atoms with van der Waals surface area (Å²) in [5.41, 5.74) is 2.50. The summed E-state index contributed by atoms with van der Waals surface area (Å²) in [5.74, 6) is 0.916. The Morgan fingerprint density at radius 1 is 1.17 bits per heavy atom. The molecule has 94 valence electrons. The average molecular weight is 242 g/mol. The van der Waals surface area contributed by atoms with Crippen molar-refractivity contribution in [3.63, 3.8) is 0 Å². The lowest BCUT2D eigenvalue weighted by atomic mass is 10.1. The van der Waals surface area contributed by atoms with E-state index in [1.165, 1.54) is 11.1 Å². The summed E-state index contributed by atoms with van der Waals surface area (Å²) in [4.78, 5) is 4.09. The number of hydrogen-bond acceptors (Lipinski definition) is 3. The fraction of sp³-hybridized carbons (Fsp3) is 0.267. The van der Waals surface area contributed by atoms with Crippen LogP contribution in [0.3, 0.4) is 0 Å². The fourth-order valence-corrected chi connectivity index (χ4v) is 1.80. The number of aromatic nitrogens is 1. The molecule has 0 atom stereocenters. The van der Waals surface area contributed by atoms with E-state index in [1.807, 2.05) is 24.4 Å². The van der Waals surface area contributed by atoms with Crippen molar-refractivity contribution < 1.29 is 4.74 Å². The zero-order valence-electron chi connectivity index (χ0n) is 10.6. The first-order valence-corrected chi connectivity index (χ1v) is 6.11. The maximum atomic E-state index is 5.20. The number of methoxy groups -OCH3 is 1. The normalized spacial score (nSPS) is 10.3. The van der Waals surface area contributed by atoms with E-state index in [0.717, 1.165) is 25.3 Å². The molecule has 0 bridgehead atoms. The van der Waals surface area contributed by atoms with Crippen LogP contribution in [-0.2, 0) is 13.0 Å². The standard InChI is InChI=1S/C15H18N2O/c1-18-15-6-2-4-13(10-15)7-9-17-12-14-5-3-8-16-11-14/h2-6,8,10-11,17H,7,9,12H2,1H3. The third-order valence-corrected chi connectivity index (χ3v) is 2.78. The first-order chi connectivity index (χ1) is 8.88. The summed E-state index contributed by atoms with van der Waals surface area (Å²) in [7, 11) is 1.69. The van der Waals surface area contributed by atoms with E-state index >= 15 is 0 Å². The van der Waals surface area contributed by atoms with Crippen molar-refractivity contribution in [3.8, 4) is 5.75 Å². The molecule has 0 aliphatic heterocycles. The number of nitrogens with one attached hydrogen (secondary N) is 1. The van der Waals surface area contributed by atoms with Gasteiger partial charge in [-0.1, -0.05) is 18.2 Å². The van der Waals surface area contributed by atoms with Gasteiger partial charge in [0.15, 0.2) is 0 Å². The molecule has 0 aliphatic rings. The van der Waals surface area contributed by atoms with Gasteiger partial charge in [-0.2, -0.15) is 0 Å². The van der Waals surface area contributed by atoms with Gasteiger partial charge in [-0.15, -0.1) is 0 Å². The lowest BCUT2D eigenvalue weighted by Crippen LogP contribution is -2.16. The molecule has 3 heteroatoms. The number of ether oxygens (including phenoxy) is 1. The quantitative estimate of drug-likeness (QED) is 0.790. The van der Waals surface area contributed by atoms with Gasteiger partial charge in [-0.25, -0.2) is 0 Å². The number of nitrogens with zero attached hydrogens (tertiary/aromatic N) is 1. The van der Waals surface area contributed by atoms with Crippen LogP contribution in [0.25, 0.3) is 0 Å². The molecule has 0 radical (unpaired) electrons. The van der Waals surface area contributed by atoms with Crippen molar-refractivity contribution >= 4 is 0 Å². The highest BCUT2D eigenvalue weighted by molar-refractivity contribution is 5.28. The van der Waals surface area contributed by atoms with Crippen LogP contribution < -0.4 is 10.1 Å². The molecule has 1 aromatic heterocycles. The Morgan fingerprint density at radius 3 is 2.83 bits per heavy atom. The minimum absolute atomic E-state index is 0.859. The van der Waals surface area contributed by atoms with E-state index in [0.29, 0.717) is 0 Å². The molecule has 3 nitrogen and oxygen atoms in total. The van der Waals surface area contributed by atoms with E-state index in [2.05, 4.69) is 28.5 Å². The second-order valence-corrected chi connectivity index (χ2v) is 4.14. The van der Waals surface area contributed by atoms with Gasteiger partial charge in [-0.3, -0.25) is 4.98 Å². The lowest BCUT2D eigenvalue weighted by Gasteiger charge is -2.06. The molecule has 0 saturated carbocycles. The predicted molar refractivity (Wildman–Crippen MR) is 72.6 cm³/mol. The van der Waals surface area contributed by atoms with E-state index in [1.54, 1.807) is 13.3 Å². The van der Waals surface area contributed by atoms with E-state index < -0.39 is 0 Å². The van der Waals surface area contributed by atoms with Gasteiger partial charge >= 0.3 is 0 Å². The Labute approximate surface area is 108 Å². The number of pyridine rings is 1. The molecule has 18 heavy (non-hydrogen) atoms. The highest BCUT2D eigenvalue weighted by Crippen LogP contribution is 2.12. The number of hydrogen-bond donors (Lipinski definition) is 1. The molecule has 0 amide bonds. The Morgan fingerprint density at radius 2 is 2.06 bits per heavy atom. The van der Waals surface area contributed by atoms with Crippen LogP contribution in [-0.4, -0.2) is 18.6 Å². The SMILES string of the molecule is COc1cccc(CCNCc2cccnc2)c1. The topological polar surface area (TPSA) is 34.1 Å².